The van der Waals surface area contributed by atoms with E-state index in [1.165, 1.54) is 6.07 Å². The molecule has 2 rings (SSSR count). The van der Waals surface area contributed by atoms with Gasteiger partial charge in [-0.15, -0.1) is 0 Å². The van der Waals surface area contributed by atoms with E-state index in [2.05, 4.69) is 0 Å². The van der Waals surface area contributed by atoms with Crippen LogP contribution in [0.15, 0.2) is 41.3 Å². The number of carbonyl (C=O) groups excluding carboxylic acids is 1. The van der Waals surface area contributed by atoms with E-state index in [1.54, 1.807) is 13.1 Å². The summed E-state index contributed by atoms with van der Waals surface area (Å²) in [7, 11) is 0. The summed E-state index contributed by atoms with van der Waals surface area (Å²) in [5.41, 5.74) is 2.34. The number of aromatic nitrogens is 1. The van der Waals surface area contributed by atoms with Crippen molar-refractivity contribution in [2.45, 2.75) is 39.7 Å². The third kappa shape index (κ3) is 4.72. The largest absolute Gasteiger partial charge is 0.503 e. The van der Waals surface area contributed by atoms with Crippen LogP contribution in [0.25, 0.3) is 0 Å². The fourth-order valence-electron chi connectivity index (χ4n) is 2.53. The monoisotopic (exact) mass is 329 g/mol. The first kappa shape index (κ1) is 17.8. The Morgan fingerprint density at radius 1 is 1.21 bits per heavy atom. The molecule has 5 heteroatoms. The van der Waals surface area contributed by atoms with Gasteiger partial charge < -0.3 is 14.4 Å². The van der Waals surface area contributed by atoms with E-state index in [9.17, 15) is 14.7 Å². The minimum absolute atomic E-state index is 0.228. The molecule has 1 heterocycles. The summed E-state index contributed by atoms with van der Waals surface area (Å²) in [6.45, 7) is 4.69. The number of esters is 1. The summed E-state index contributed by atoms with van der Waals surface area (Å²) in [5.74, 6) is -0.461. The lowest BCUT2D eigenvalue weighted by atomic mass is 10.1. The Labute approximate surface area is 141 Å². The Bertz CT molecular complexity index is 747. The van der Waals surface area contributed by atoms with Gasteiger partial charge in [0, 0.05) is 31.6 Å². The normalized spacial score (nSPS) is 10.6. The summed E-state index contributed by atoms with van der Waals surface area (Å²) in [6.07, 6.45) is 3.02. The SMILES string of the molecule is CCOC(=O)CCCn1ccc(=O)c(O)c1Cc1ccc(C)cc1. The molecule has 2 aromatic rings. The molecule has 0 saturated heterocycles. The van der Waals surface area contributed by atoms with Crippen LogP contribution in [0, 0.1) is 6.92 Å². The van der Waals surface area contributed by atoms with Gasteiger partial charge in [-0.3, -0.25) is 9.59 Å². The predicted octanol–water partition coefficient (Wildman–Crippen LogP) is 2.80. The molecule has 0 radical (unpaired) electrons. The van der Waals surface area contributed by atoms with Gasteiger partial charge in [-0.05, 0) is 25.8 Å². The van der Waals surface area contributed by atoms with Crippen LogP contribution in [0.5, 0.6) is 5.75 Å². The fraction of sp³-hybridized carbons (Fsp3) is 0.368. The van der Waals surface area contributed by atoms with Crippen molar-refractivity contribution in [2.24, 2.45) is 0 Å². The smallest absolute Gasteiger partial charge is 0.305 e. The van der Waals surface area contributed by atoms with E-state index in [0.717, 1.165) is 11.1 Å². The molecular formula is C19H23NO4. The van der Waals surface area contributed by atoms with E-state index in [-0.39, 0.29) is 11.7 Å². The summed E-state index contributed by atoms with van der Waals surface area (Å²) in [5, 5.41) is 10.2. The summed E-state index contributed by atoms with van der Waals surface area (Å²) < 4.78 is 6.74. The average Bonchev–Trinajstić information content (AvgIpc) is 2.56. The lowest BCUT2D eigenvalue weighted by Gasteiger charge is -2.15. The Balaban J connectivity index is 2.16. The van der Waals surface area contributed by atoms with Crippen LogP contribution in [0.3, 0.4) is 0 Å². The molecule has 0 saturated carbocycles. The second-order valence-electron chi connectivity index (χ2n) is 5.74. The van der Waals surface area contributed by atoms with Crippen LogP contribution in [-0.4, -0.2) is 22.2 Å². The summed E-state index contributed by atoms with van der Waals surface area (Å²) in [6, 6.07) is 9.31. The third-order valence-corrected chi connectivity index (χ3v) is 3.84. The van der Waals surface area contributed by atoms with Gasteiger partial charge in [0.05, 0.1) is 12.3 Å². The second-order valence-corrected chi connectivity index (χ2v) is 5.74. The van der Waals surface area contributed by atoms with Gasteiger partial charge in [0.25, 0.3) is 0 Å². The van der Waals surface area contributed by atoms with Gasteiger partial charge in [0.15, 0.2) is 5.75 Å². The molecule has 24 heavy (non-hydrogen) atoms. The lowest BCUT2D eigenvalue weighted by Crippen LogP contribution is -2.14. The van der Waals surface area contributed by atoms with Crippen molar-refractivity contribution < 1.29 is 14.6 Å². The van der Waals surface area contributed by atoms with Crippen LogP contribution >= 0.6 is 0 Å². The van der Waals surface area contributed by atoms with Crippen molar-refractivity contribution in [3.63, 3.8) is 0 Å². The van der Waals surface area contributed by atoms with E-state index in [1.807, 2.05) is 35.8 Å². The lowest BCUT2D eigenvalue weighted by molar-refractivity contribution is -0.143. The molecule has 0 bridgehead atoms. The van der Waals surface area contributed by atoms with E-state index in [4.69, 9.17) is 4.74 Å². The molecular weight excluding hydrogens is 306 g/mol. The molecule has 0 fully saturated rings. The zero-order chi connectivity index (χ0) is 17.5. The highest BCUT2D eigenvalue weighted by atomic mass is 16.5. The van der Waals surface area contributed by atoms with Gasteiger partial charge in [0.1, 0.15) is 0 Å². The minimum Gasteiger partial charge on any atom is -0.503 e. The first-order chi connectivity index (χ1) is 11.5. The number of pyridine rings is 1. The topological polar surface area (TPSA) is 68.5 Å². The number of aryl methyl sites for hydroxylation is 2. The first-order valence-corrected chi connectivity index (χ1v) is 8.13. The Morgan fingerprint density at radius 3 is 2.58 bits per heavy atom. The zero-order valence-electron chi connectivity index (χ0n) is 14.1. The molecule has 0 aliphatic heterocycles. The van der Waals surface area contributed by atoms with Gasteiger partial charge in [0.2, 0.25) is 5.43 Å². The predicted molar refractivity (Wildman–Crippen MR) is 92.2 cm³/mol. The number of benzene rings is 1. The maximum atomic E-state index is 11.8. The Morgan fingerprint density at radius 2 is 1.92 bits per heavy atom. The van der Waals surface area contributed by atoms with Crippen LogP contribution in [0.2, 0.25) is 0 Å². The zero-order valence-corrected chi connectivity index (χ0v) is 14.1. The van der Waals surface area contributed by atoms with Gasteiger partial charge in [-0.2, -0.15) is 0 Å². The Kier molecular flexibility index (Phi) is 6.18. The number of hydrogen-bond donors (Lipinski definition) is 1. The van der Waals surface area contributed by atoms with Crippen molar-refractivity contribution in [2.75, 3.05) is 6.61 Å². The maximum Gasteiger partial charge on any atom is 0.305 e. The molecule has 0 amide bonds. The quantitative estimate of drug-likeness (QED) is 0.793. The van der Waals surface area contributed by atoms with E-state index < -0.39 is 5.43 Å². The van der Waals surface area contributed by atoms with Crippen molar-refractivity contribution in [1.29, 1.82) is 0 Å². The number of aromatic hydroxyl groups is 1. The van der Waals surface area contributed by atoms with Gasteiger partial charge in [-0.1, -0.05) is 29.8 Å². The molecule has 0 spiro atoms. The fourth-order valence-corrected chi connectivity index (χ4v) is 2.53. The maximum absolute atomic E-state index is 11.8. The Hall–Kier alpha value is -2.56. The standard InChI is InChI=1S/C19H23NO4/c1-3-24-18(22)5-4-11-20-12-10-17(21)19(23)16(20)13-15-8-6-14(2)7-9-15/h6-10,12,23H,3-5,11,13H2,1-2H3. The van der Waals surface area contributed by atoms with Crippen molar-refractivity contribution >= 4 is 5.97 Å². The third-order valence-electron chi connectivity index (χ3n) is 3.84. The molecule has 1 aromatic carbocycles. The highest BCUT2D eigenvalue weighted by molar-refractivity contribution is 5.69. The molecule has 1 aromatic heterocycles. The van der Waals surface area contributed by atoms with E-state index >= 15 is 0 Å². The highest BCUT2D eigenvalue weighted by Gasteiger charge is 2.11. The van der Waals surface area contributed by atoms with Crippen LogP contribution in [0.4, 0.5) is 0 Å². The number of ether oxygens (including phenoxy) is 1. The molecule has 0 aliphatic carbocycles. The minimum atomic E-state index is -0.390. The number of carbonyl (C=O) groups is 1. The van der Waals surface area contributed by atoms with Crippen molar-refractivity contribution in [1.82, 2.24) is 4.57 Å². The molecule has 0 unspecified atom stereocenters. The average molecular weight is 329 g/mol. The number of rotatable bonds is 7. The second kappa shape index (κ2) is 8.34. The van der Waals surface area contributed by atoms with Crippen LogP contribution in [0.1, 0.15) is 36.6 Å². The van der Waals surface area contributed by atoms with Gasteiger partial charge in [-0.25, -0.2) is 0 Å². The molecule has 0 atom stereocenters. The van der Waals surface area contributed by atoms with E-state index in [0.29, 0.717) is 38.1 Å². The molecule has 128 valence electrons. The summed E-state index contributed by atoms with van der Waals surface area (Å²) >= 11 is 0. The van der Waals surface area contributed by atoms with Crippen LogP contribution < -0.4 is 5.43 Å². The summed E-state index contributed by atoms with van der Waals surface area (Å²) in [4.78, 5) is 23.2. The first-order valence-electron chi connectivity index (χ1n) is 8.13. The highest BCUT2D eigenvalue weighted by Crippen LogP contribution is 2.18. The molecule has 0 aliphatic rings. The van der Waals surface area contributed by atoms with Crippen molar-refractivity contribution in [3.8, 4) is 5.75 Å². The molecule has 1 N–H and O–H groups in total. The number of hydrogen-bond acceptors (Lipinski definition) is 4. The van der Waals surface area contributed by atoms with Crippen molar-refractivity contribution in [3.05, 3.63) is 63.6 Å². The van der Waals surface area contributed by atoms with Crippen LogP contribution in [-0.2, 0) is 22.5 Å². The molecule has 5 nitrogen and oxygen atoms in total. The van der Waals surface area contributed by atoms with Gasteiger partial charge >= 0.3 is 5.97 Å². The number of nitrogens with zero attached hydrogens (tertiary/aromatic N) is 1.